The molecule has 2 aliphatic heterocycles. The van der Waals surface area contributed by atoms with Crippen LogP contribution in [-0.4, -0.2) is 46.4 Å². The van der Waals surface area contributed by atoms with Gasteiger partial charge in [0, 0.05) is 17.8 Å². The van der Waals surface area contributed by atoms with E-state index < -0.39 is 0 Å². The van der Waals surface area contributed by atoms with Gasteiger partial charge in [-0.05, 0) is 51.0 Å². The zero-order chi connectivity index (χ0) is 17.4. The average molecular weight is 341 g/mol. The molecule has 0 aliphatic carbocycles. The molecule has 0 unspecified atom stereocenters. The molecule has 0 saturated carbocycles. The second-order valence-electron chi connectivity index (χ2n) is 6.76. The first-order chi connectivity index (χ1) is 12.1. The third kappa shape index (κ3) is 3.08. The van der Waals surface area contributed by atoms with Crippen LogP contribution in [0, 0.1) is 13.8 Å². The van der Waals surface area contributed by atoms with E-state index in [2.05, 4.69) is 18.1 Å². The van der Waals surface area contributed by atoms with Gasteiger partial charge in [0.25, 0.3) is 5.91 Å². The number of likely N-dealkylation sites (tertiary alicyclic amines) is 1. The summed E-state index contributed by atoms with van der Waals surface area (Å²) >= 11 is 0. The second kappa shape index (κ2) is 6.43. The molecule has 3 heterocycles. The molecule has 1 aromatic carbocycles. The van der Waals surface area contributed by atoms with Gasteiger partial charge in [-0.25, -0.2) is 0 Å². The lowest BCUT2D eigenvalue weighted by Gasteiger charge is -2.26. The molecule has 1 amide bonds. The van der Waals surface area contributed by atoms with Crippen LogP contribution in [0.1, 0.15) is 34.6 Å². The van der Waals surface area contributed by atoms with Crippen LogP contribution in [0.5, 0.6) is 11.5 Å². The number of carbonyl (C=O) groups excluding carboxylic acids is 1. The number of hydrogen-bond acceptors (Lipinski definition) is 4. The standard InChI is InChI=1S/C19H23N3O3/c1-13-10-14(2)22(20-13)12-16-4-3-7-21(16)19(23)15-5-6-17-18(11-15)25-9-8-24-17/h5-6,10-11,16H,3-4,7-9,12H2,1-2H3/t16-/m1/s1. The molecule has 0 spiro atoms. The molecule has 2 aliphatic rings. The fourth-order valence-electron chi connectivity index (χ4n) is 3.69. The number of rotatable bonds is 3. The van der Waals surface area contributed by atoms with E-state index in [4.69, 9.17) is 9.47 Å². The number of amides is 1. The zero-order valence-electron chi connectivity index (χ0n) is 14.7. The number of fused-ring (bicyclic) bond motifs is 1. The zero-order valence-corrected chi connectivity index (χ0v) is 14.7. The predicted octanol–water partition coefficient (Wildman–Crippen LogP) is 2.58. The van der Waals surface area contributed by atoms with E-state index in [-0.39, 0.29) is 11.9 Å². The maximum absolute atomic E-state index is 13.0. The first-order valence-corrected chi connectivity index (χ1v) is 8.83. The Morgan fingerprint density at radius 2 is 2.00 bits per heavy atom. The van der Waals surface area contributed by atoms with E-state index in [0.717, 1.165) is 37.3 Å². The first-order valence-electron chi connectivity index (χ1n) is 8.83. The molecule has 1 atom stereocenters. The van der Waals surface area contributed by atoms with Crippen LogP contribution in [0.3, 0.4) is 0 Å². The molecular formula is C19H23N3O3. The Morgan fingerprint density at radius 1 is 1.20 bits per heavy atom. The van der Waals surface area contributed by atoms with Crippen LogP contribution < -0.4 is 9.47 Å². The second-order valence-corrected chi connectivity index (χ2v) is 6.76. The molecule has 6 nitrogen and oxygen atoms in total. The van der Waals surface area contributed by atoms with Crippen molar-refractivity contribution in [3.05, 3.63) is 41.2 Å². The van der Waals surface area contributed by atoms with Crippen molar-refractivity contribution in [3.8, 4) is 11.5 Å². The molecule has 1 saturated heterocycles. The number of nitrogens with zero attached hydrogens (tertiary/aromatic N) is 3. The van der Waals surface area contributed by atoms with Crippen LogP contribution in [0.4, 0.5) is 0 Å². The molecule has 1 aromatic heterocycles. The van der Waals surface area contributed by atoms with Gasteiger partial charge in [-0.2, -0.15) is 5.10 Å². The van der Waals surface area contributed by atoms with Crippen LogP contribution >= 0.6 is 0 Å². The molecule has 2 aromatic rings. The van der Waals surface area contributed by atoms with Gasteiger partial charge in [0.05, 0.1) is 18.3 Å². The lowest BCUT2D eigenvalue weighted by molar-refractivity contribution is 0.0720. The Morgan fingerprint density at radius 3 is 2.76 bits per heavy atom. The summed E-state index contributed by atoms with van der Waals surface area (Å²) in [6.45, 7) is 6.66. The van der Waals surface area contributed by atoms with E-state index in [1.165, 1.54) is 0 Å². The molecule has 0 N–H and O–H groups in total. The van der Waals surface area contributed by atoms with Gasteiger partial charge in [-0.15, -0.1) is 0 Å². The minimum atomic E-state index is 0.0565. The Bertz CT molecular complexity index is 799. The number of aromatic nitrogens is 2. The quantitative estimate of drug-likeness (QED) is 0.861. The van der Waals surface area contributed by atoms with Crippen molar-refractivity contribution < 1.29 is 14.3 Å². The Hall–Kier alpha value is -2.50. The molecule has 0 bridgehead atoms. The van der Waals surface area contributed by atoms with Crippen molar-refractivity contribution in [2.24, 2.45) is 0 Å². The lowest BCUT2D eigenvalue weighted by Crippen LogP contribution is -2.38. The van der Waals surface area contributed by atoms with Crippen molar-refractivity contribution >= 4 is 5.91 Å². The lowest BCUT2D eigenvalue weighted by atomic mass is 10.1. The topological polar surface area (TPSA) is 56.6 Å². The minimum Gasteiger partial charge on any atom is -0.486 e. The number of ether oxygens (including phenoxy) is 2. The van der Waals surface area contributed by atoms with Crippen molar-refractivity contribution in [2.75, 3.05) is 19.8 Å². The molecule has 4 rings (SSSR count). The average Bonchev–Trinajstić information content (AvgIpc) is 3.20. The minimum absolute atomic E-state index is 0.0565. The van der Waals surface area contributed by atoms with Crippen molar-refractivity contribution in [1.29, 1.82) is 0 Å². The van der Waals surface area contributed by atoms with E-state index >= 15 is 0 Å². The van der Waals surface area contributed by atoms with Crippen molar-refractivity contribution in [2.45, 2.75) is 39.3 Å². The van der Waals surface area contributed by atoms with Crippen LogP contribution in [0.2, 0.25) is 0 Å². The fourth-order valence-corrected chi connectivity index (χ4v) is 3.69. The molecule has 0 radical (unpaired) electrons. The fraction of sp³-hybridized carbons (Fsp3) is 0.474. The highest BCUT2D eigenvalue weighted by molar-refractivity contribution is 5.95. The summed E-state index contributed by atoms with van der Waals surface area (Å²) in [5, 5.41) is 4.54. The molecule has 6 heteroatoms. The third-order valence-electron chi connectivity index (χ3n) is 4.91. The SMILES string of the molecule is Cc1cc(C)n(C[C@H]2CCCN2C(=O)c2ccc3c(c2)OCCO3)n1. The van der Waals surface area contributed by atoms with E-state index in [1.807, 2.05) is 28.6 Å². The third-order valence-corrected chi connectivity index (χ3v) is 4.91. The summed E-state index contributed by atoms with van der Waals surface area (Å²) in [7, 11) is 0. The Labute approximate surface area is 147 Å². The number of carbonyl (C=O) groups is 1. The largest absolute Gasteiger partial charge is 0.486 e. The molecule has 25 heavy (non-hydrogen) atoms. The van der Waals surface area contributed by atoms with Gasteiger partial charge < -0.3 is 14.4 Å². The van der Waals surface area contributed by atoms with Gasteiger partial charge >= 0.3 is 0 Å². The first kappa shape index (κ1) is 16.0. The van der Waals surface area contributed by atoms with Crippen molar-refractivity contribution in [3.63, 3.8) is 0 Å². The summed E-state index contributed by atoms with van der Waals surface area (Å²) in [4.78, 5) is 15.0. The van der Waals surface area contributed by atoms with Gasteiger partial charge in [-0.3, -0.25) is 9.48 Å². The van der Waals surface area contributed by atoms with Gasteiger partial charge in [0.2, 0.25) is 0 Å². The summed E-state index contributed by atoms with van der Waals surface area (Å²) in [6.07, 6.45) is 2.04. The van der Waals surface area contributed by atoms with Crippen LogP contribution in [0.15, 0.2) is 24.3 Å². The van der Waals surface area contributed by atoms with Gasteiger partial charge in [-0.1, -0.05) is 0 Å². The number of aryl methyl sites for hydroxylation is 2. The predicted molar refractivity (Wildman–Crippen MR) is 93.2 cm³/mol. The highest BCUT2D eigenvalue weighted by Gasteiger charge is 2.30. The van der Waals surface area contributed by atoms with Crippen LogP contribution in [-0.2, 0) is 6.54 Å². The monoisotopic (exact) mass is 341 g/mol. The normalized spacial score (nSPS) is 19.3. The summed E-state index contributed by atoms with van der Waals surface area (Å²) in [5.74, 6) is 1.43. The summed E-state index contributed by atoms with van der Waals surface area (Å²) in [5.41, 5.74) is 2.81. The van der Waals surface area contributed by atoms with E-state index in [0.29, 0.717) is 30.3 Å². The Kier molecular flexibility index (Phi) is 4.11. The van der Waals surface area contributed by atoms with Gasteiger partial charge in [0.1, 0.15) is 13.2 Å². The Balaban J connectivity index is 1.53. The number of benzene rings is 1. The highest BCUT2D eigenvalue weighted by Crippen LogP contribution is 2.32. The van der Waals surface area contributed by atoms with Crippen LogP contribution in [0.25, 0.3) is 0 Å². The highest BCUT2D eigenvalue weighted by atomic mass is 16.6. The van der Waals surface area contributed by atoms with E-state index in [1.54, 1.807) is 6.07 Å². The molecule has 1 fully saturated rings. The van der Waals surface area contributed by atoms with Crippen molar-refractivity contribution in [1.82, 2.24) is 14.7 Å². The summed E-state index contributed by atoms with van der Waals surface area (Å²) < 4.78 is 13.2. The maximum Gasteiger partial charge on any atom is 0.254 e. The maximum atomic E-state index is 13.0. The number of hydrogen-bond donors (Lipinski definition) is 0. The summed E-state index contributed by atoms with van der Waals surface area (Å²) in [6, 6.07) is 7.71. The van der Waals surface area contributed by atoms with E-state index in [9.17, 15) is 4.79 Å². The van der Waals surface area contributed by atoms with Gasteiger partial charge in [0.15, 0.2) is 11.5 Å². The molecule has 132 valence electrons. The smallest absolute Gasteiger partial charge is 0.254 e. The molecular weight excluding hydrogens is 318 g/mol.